The Morgan fingerprint density at radius 2 is 1.96 bits per heavy atom. The van der Waals surface area contributed by atoms with Gasteiger partial charge in [0.2, 0.25) is 12.7 Å². The zero-order valence-electron chi connectivity index (χ0n) is 15.3. The quantitative estimate of drug-likeness (QED) is 0.669. The van der Waals surface area contributed by atoms with E-state index in [1.165, 1.54) is 4.70 Å². The van der Waals surface area contributed by atoms with Crippen molar-refractivity contribution in [3.05, 3.63) is 65.2 Å². The highest BCUT2D eigenvalue weighted by atomic mass is 32.1. The molecule has 0 saturated carbocycles. The summed E-state index contributed by atoms with van der Waals surface area (Å²) in [5.74, 6) is 1.59. The number of carbonyl (C=O) groups is 1. The maximum atomic E-state index is 13.0. The molecule has 1 amide bonds. The third kappa shape index (κ3) is 3.24. The molecule has 28 heavy (non-hydrogen) atoms. The third-order valence-corrected chi connectivity index (χ3v) is 6.47. The molecule has 2 unspecified atom stereocenters. The molecule has 0 bridgehead atoms. The maximum absolute atomic E-state index is 13.0. The van der Waals surface area contributed by atoms with Crippen LogP contribution in [-0.2, 0) is 11.3 Å². The molecule has 2 atom stereocenters. The number of nitrogens with zero attached hydrogens (tertiary/aromatic N) is 1. The standard InChI is InChI=1S/C22H20N2O3S/c25-21(23-12-14-9-10-18-19(11-14)27-13-26-18)15-5-1-2-6-16(15)22-24-17-7-3-4-8-20(17)28-22/h1-4,7-11,15-16H,5-6,12-13H2,(H,23,25). The lowest BCUT2D eigenvalue weighted by atomic mass is 9.82. The summed E-state index contributed by atoms with van der Waals surface area (Å²) in [6, 6.07) is 13.9. The van der Waals surface area contributed by atoms with Crippen molar-refractivity contribution < 1.29 is 14.3 Å². The second-order valence-corrected chi connectivity index (χ2v) is 8.14. The SMILES string of the molecule is O=C(NCc1ccc2c(c1)OCO2)C1CC=CCC1c1nc2ccccc2s1. The first-order valence-corrected chi connectivity index (χ1v) is 10.3. The number of hydrogen-bond acceptors (Lipinski definition) is 5. The number of para-hydroxylation sites is 1. The first-order valence-electron chi connectivity index (χ1n) is 9.44. The van der Waals surface area contributed by atoms with Crippen molar-refractivity contribution in [2.45, 2.75) is 25.3 Å². The van der Waals surface area contributed by atoms with Crippen molar-refractivity contribution in [3.8, 4) is 11.5 Å². The first-order chi connectivity index (χ1) is 13.8. The van der Waals surface area contributed by atoms with Crippen molar-refractivity contribution in [1.82, 2.24) is 10.3 Å². The average molecular weight is 392 g/mol. The zero-order valence-corrected chi connectivity index (χ0v) is 16.1. The summed E-state index contributed by atoms with van der Waals surface area (Å²) in [6.07, 6.45) is 5.86. The van der Waals surface area contributed by atoms with Gasteiger partial charge in [0.1, 0.15) is 0 Å². The van der Waals surface area contributed by atoms with Gasteiger partial charge in [-0.25, -0.2) is 4.98 Å². The van der Waals surface area contributed by atoms with Crippen LogP contribution in [0.25, 0.3) is 10.2 Å². The van der Waals surface area contributed by atoms with Crippen LogP contribution in [0.5, 0.6) is 11.5 Å². The van der Waals surface area contributed by atoms with Gasteiger partial charge >= 0.3 is 0 Å². The number of fused-ring (bicyclic) bond motifs is 2. The van der Waals surface area contributed by atoms with Crippen LogP contribution in [0.3, 0.4) is 0 Å². The minimum atomic E-state index is -0.0976. The number of rotatable bonds is 4. The van der Waals surface area contributed by atoms with Crippen molar-refractivity contribution in [1.29, 1.82) is 0 Å². The normalized spacial score (nSPS) is 20.4. The number of amides is 1. The van der Waals surface area contributed by atoms with Gasteiger partial charge in [-0.1, -0.05) is 30.4 Å². The van der Waals surface area contributed by atoms with Crippen molar-refractivity contribution in [2.24, 2.45) is 5.92 Å². The zero-order chi connectivity index (χ0) is 18.9. The van der Waals surface area contributed by atoms with Crippen molar-refractivity contribution in [3.63, 3.8) is 0 Å². The fraction of sp³-hybridized carbons (Fsp3) is 0.273. The molecule has 0 spiro atoms. The molecular formula is C22H20N2O3S. The van der Waals surface area contributed by atoms with Gasteiger partial charge in [0.25, 0.3) is 0 Å². The number of thiazole rings is 1. The Hall–Kier alpha value is -2.86. The van der Waals surface area contributed by atoms with E-state index in [0.29, 0.717) is 6.54 Å². The smallest absolute Gasteiger partial charge is 0.231 e. The molecule has 142 valence electrons. The molecule has 3 aromatic rings. The van der Waals surface area contributed by atoms with Crippen LogP contribution < -0.4 is 14.8 Å². The number of carbonyl (C=O) groups excluding carboxylic acids is 1. The second kappa shape index (κ2) is 7.28. The van der Waals surface area contributed by atoms with Crippen LogP contribution in [0, 0.1) is 5.92 Å². The van der Waals surface area contributed by atoms with E-state index in [2.05, 4.69) is 23.5 Å². The Labute approximate surface area is 167 Å². The van der Waals surface area contributed by atoms with E-state index in [0.717, 1.165) is 40.4 Å². The number of allylic oxidation sites excluding steroid dienone is 2. The van der Waals surface area contributed by atoms with E-state index in [1.807, 2.05) is 36.4 Å². The summed E-state index contributed by atoms with van der Waals surface area (Å²) in [5.41, 5.74) is 2.01. The molecule has 2 aliphatic rings. The number of nitrogens with one attached hydrogen (secondary N) is 1. The van der Waals surface area contributed by atoms with Gasteiger partial charge in [-0.05, 0) is 42.7 Å². The number of ether oxygens (including phenoxy) is 2. The number of aromatic nitrogens is 1. The fourth-order valence-electron chi connectivity index (χ4n) is 3.80. The summed E-state index contributed by atoms with van der Waals surface area (Å²) < 4.78 is 11.9. The van der Waals surface area contributed by atoms with Gasteiger partial charge in [-0.15, -0.1) is 11.3 Å². The minimum absolute atomic E-state index is 0.0753. The summed E-state index contributed by atoms with van der Waals surface area (Å²) >= 11 is 1.70. The van der Waals surface area contributed by atoms with Crippen LogP contribution in [0.2, 0.25) is 0 Å². The van der Waals surface area contributed by atoms with E-state index in [1.54, 1.807) is 11.3 Å². The molecule has 5 rings (SSSR count). The maximum Gasteiger partial charge on any atom is 0.231 e. The molecule has 0 radical (unpaired) electrons. The molecule has 1 N–H and O–H groups in total. The Bertz CT molecular complexity index is 1030. The lowest BCUT2D eigenvalue weighted by Gasteiger charge is -2.26. The predicted molar refractivity (Wildman–Crippen MR) is 109 cm³/mol. The van der Waals surface area contributed by atoms with Gasteiger partial charge in [-0.2, -0.15) is 0 Å². The Morgan fingerprint density at radius 1 is 1.11 bits per heavy atom. The molecule has 0 saturated heterocycles. The van der Waals surface area contributed by atoms with Crippen LogP contribution in [0.1, 0.15) is 29.3 Å². The van der Waals surface area contributed by atoms with Gasteiger partial charge in [0, 0.05) is 12.5 Å². The van der Waals surface area contributed by atoms with Crippen LogP contribution in [-0.4, -0.2) is 17.7 Å². The summed E-state index contributed by atoms with van der Waals surface area (Å²) in [5, 5.41) is 4.15. The van der Waals surface area contributed by atoms with Crippen LogP contribution in [0.4, 0.5) is 0 Å². The summed E-state index contributed by atoms with van der Waals surface area (Å²) in [6.45, 7) is 0.728. The first kappa shape index (κ1) is 17.3. The van der Waals surface area contributed by atoms with E-state index in [9.17, 15) is 4.79 Å². The van der Waals surface area contributed by atoms with Gasteiger partial charge in [0.15, 0.2) is 11.5 Å². The van der Waals surface area contributed by atoms with E-state index in [4.69, 9.17) is 14.5 Å². The van der Waals surface area contributed by atoms with Gasteiger partial charge < -0.3 is 14.8 Å². The number of hydrogen-bond donors (Lipinski definition) is 1. The topological polar surface area (TPSA) is 60.5 Å². The second-order valence-electron chi connectivity index (χ2n) is 7.08. The Balaban J connectivity index is 1.31. The largest absolute Gasteiger partial charge is 0.454 e. The Morgan fingerprint density at radius 3 is 2.89 bits per heavy atom. The van der Waals surface area contributed by atoms with E-state index < -0.39 is 0 Å². The molecule has 1 aliphatic carbocycles. The monoisotopic (exact) mass is 392 g/mol. The third-order valence-electron chi connectivity index (χ3n) is 5.30. The van der Waals surface area contributed by atoms with Crippen LogP contribution >= 0.6 is 11.3 Å². The van der Waals surface area contributed by atoms with Crippen molar-refractivity contribution >= 4 is 27.5 Å². The molecule has 0 fully saturated rings. The molecular weight excluding hydrogens is 372 g/mol. The predicted octanol–water partition coefficient (Wildman–Crippen LogP) is 4.39. The highest BCUT2D eigenvalue weighted by Gasteiger charge is 2.32. The minimum Gasteiger partial charge on any atom is -0.454 e. The molecule has 2 heterocycles. The molecule has 2 aromatic carbocycles. The lowest BCUT2D eigenvalue weighted by Crippen LogP contribution is -2.34. The van der Waals surface area contributed by atoms with E-state index >= 15 is 0 Å². The van der Waals surface area contributed by atoms with E-state index in [-0.39, 0.29) is 24.5 Å². The Kier molecular flexibility index (Phi) is 4.49. The van der Waals surface area contributed by atoms with Crippen LogP contribution in [0.15, 0.2) is 54.6 Å². The highest BCUT2D eigenvalue weighted by Crippen LogP contribution is 2.38. The average Bonchev–Trinajstić information content (AvgIpc) is 3.38. The molecule has 1 aromatic heterocycles. The highest BCUT2D eigenvalue weighted by molar-refractivity contribution is 7.18. The number of benzene rings is 2. The molecule has 6 heteroatoms. The summed E-state index contributed by atoms with van der Waals surface area (Å²) in [4.78, 5) is 17.8. The van der Waals surface area contributed by atoms with Crippen molar-refractivity contribution in [2.75, 3.05) is 6.79 Å². The molecule has 5 nitrogen and oxygen atoms in total. The summed E-state index contributed by atoms with van der Waals surface area (Å²) in [7, 11) is 0. The lowest BCUT2D eigenvalue weighted by molar-refractivity contribution is -0.125. The van der Waals surface area contributed by atoms with Gasteiger partial charge in [-0.3, -0.25) is 4.79 Å². The fourth-order valence-corrected chi connectivity index (χ4v) is 4.94. The van der Waals surface area contributed by atoms with Gasteiger partial charge in [0.05, 0.1) is 21.1 Å². The molecule has 1 aliphatic heterocycles.